The van der Waals surface area contributed by atoms with Crippen LogP contribution in [0.25, 0.3) is 0 Å². The van der Waals surface area contributed by atoms with Crippen LogP contribution in [0.15, 0.2) is 0 Å². The fraction of sp³-hybridized carbons (Fsp3) is 0.778. The van der Waals surface area contributed by atoms with Crippen LogP contribution in [0.3, 0.4) is 0 Å². The molecule has 1 fully saturated rings. The summed E-state index contributed by atoms with van der Waals surface area (Å²) in [5.74, 6) is 0.456. The molecule has 69 valence electrons. The van der Waals surface area contributed by atoms with Gasteiger partial charge in [-0.1, -0.05) is 0 Å². The van der Waals surface area contributed by atoms with Crippen LogP contribution in [0, 0.1) is 12.8 Å². The molecule has 1 aliphatic rings. The Morgan fingerprint density at radius 2 is 2.50 bits per heavy atom. The number of carbonyl (C=O) groups excluding carboxylic acids is 1. The maximum atomic E-state index is 10.5. The second-order valence-electron chi connectivity index (χ2n) is 3.57. The molecule has 0 aromatic heterocycles. The second kappa shape index (κ2) is 4.45. The van der Waals surface area contributed by atoms with Crippen molar-refractivity contribution in [2.24, 2.45) is 5.92 Å². The molecule has 1 atom stereocenters. The van der Waals surface area contributed by atoms with Gasteiger partial charge in [-0.25, -0.2) is 0 Å². The average Bonchev–Trinajstić information content (AvgIpc) is 2.01. The fourth-order valence-electron chi connectivity index (χ4n) is 1.70. The lowest BCUT2D eigenvalue weighted by Crippen LogP contribution is -2.38. The van der Waals surface area contributed by atoms with Gasteiger partial charge in [0.15, 0.2) is 0 Å². The third-order valence-corrected chi connectivity index (χ3v) is 2.31. The van der Waals surface area contributed by atoms with Crippen LogP contribution in [0.5, 0.6) is 0 Å². The van der Waals surface area contributed by atoms with E-state index >= 15 is 0 Å². The molecule has 3 nitrogen and oxygen atoms in total. The van der Waals surface area contributed by atoms with Crippen molar-refractivity contribution in [3.8, 4) is 0 Å². The first kappa shape index (κ1) is 9.52. The van der Waals surface area contributed by atoms with E-state index < -0.39 is 0 Å². The van der Waals surface area contributed by atoms with E-state index in [-0.39, 0.29) is 5.91 Å². The minimum atomic E-state index is -0.164. The van der Waals surface area contributed by atoms with Gasteiger partial charge in [-0.2, -0.15) is 0 Å². The fourth-order valence-corrected chi connectivity index (χ4v) is 1.70. The number of amides is 1. The summed E-state index contributed by atoms with van der Waals surface area (Å²) in [5.41, 5.74) is 0. The predicted molar refractivity (Wildman–Crippen MR) is 48.6 cm³/mol. The van der Waals surface area contributed by atoms with Crippen molar-refractivity contribution < 1.29 is 4.79 Å². The highest BCUT2D eigenvalue weighted by Gasteiger charge is 2.16. The molecule has 0 spiro atoms. The maximum Gasteiger partial charge on any atom is 0.220 e. The highest BCUT2D eigenvalue weighted by Crippen LogP contribution is 2.13. The minimum absolute atomic E-state index is 0.164. The largest absolute Gasteiger partial charge is 0.356 e. The third kappa shape index (κ3) is 3.22. The van der Waals surface area contributed by atoms with E-state index in [0.717, 1.165) is 13.1 Å². The summed E-state index contributed by atoms with van der Waals surface area (Å²) < 4.78 is 0. The molecule has 0 aromatic carbocycles. The molecule has 3 heteroatoms. The lowest BCUT2D eigenvalue weighted by Gasteiger charge is -2.29. The second-order valence-corrected chi connectivity index (χ2v) is 3.57. The molecule has 1 radical (unpaired) electrons. The van der Waals surface area contributed by atoms with Gasteiger partial charge < -0.3 is 10.2 Å². The van der Waals surface area contributed by atoms with Crippen LogP contribution in [-0.2, 0) is 4.79 Å². The molecule has 0 bridgehead atoms. The number of carbonyl (C=O) groups is 1. The Bertz CT molecular complexity index is 159. The molecule has 1 unspecified atom stereocenters. The Labute approximate surface area is 74.1 Å². The van der Waals surface area contributed by atoms with Crippen LogP contribution < -0.4 is 5.32 Å². The monoisotopic (exact) mass is 169 g/mol. The standard InChI is InChI=1S/C9H17N2O/c1-8(12)10-6-9-4-3-5-11(2)7-9/h9H,1,3-7H2,2H3,(H,10,12). The summed E-state index contributed by atoms with van der Waals surface area (Å²) in [6.45, 7) is 6.35. The van der Waals surface area contributed by atoms with Crippen molar-refractivity contribution >= 4 is 5.91 Å². The van der Waals surface area contributed by atoms with Gasteiger partial charge in [0.25, 0.3) is 0 Å². The van der Waals surface area contributed by atoms with Crippen molar-refractivity contribution in [3.05, 3.63) is 6.92 Å². The van der Waals surface area contributed by atoms with E-state index in [1.165, 1.54) is 19.4 Å². The van der Waals surface area contributed by atoms with Gasteiger partial charge >= 0.3 is 0 Å². The number of piperidine rings is 1. The Morgan fingerprint density at radius 1 is 1.75 bits per heavy atom. The van der Waals surface area contributed by atoms with Crippen LogP contribution >= 0.6 is 0 Å². The van der Waals surface area contributed by atoms with Crippen molar-refractivity contribution in [2.75, 3.05) is 26.7 Å². The zero-order valence-corrected chi connectivity index (χ0v) is 7.68. The summed E-state index contributed by atoms with van der Waals surface area (Å²) in [6, 6.07) is 0. The van der Waals surface area contributed by atoms with E-state index in [1.54, 1.807) is 0 Å². The lowest BCUT2D eigenvalue weighted by atomic mass is 9.98. The first-order valence-corrected chi connectivity index (χ1v) is 4.47. The maximum absolute atomic E-state index is 10.5. The first-order chi connectivity index (χ1) is 5.68. The molecule has 1 amide bonds. The Hall–Kier alpha value is -0.570. The topological polar surface area (TPSA) is 32.3 Å². The van der Waals surface area contributed by atoms with Gasteiger partial charge in [0.2, 0.25) is 5.91 Å². The van der Waals surface area contributed by atoms with E-state index in [0.29, 0.717) is 5.92 Å². The van der Waals surface area contributed by atoms with Crippen LogP contribution in [0.4, 0.5) is 0 Å². The van der Waals surface area contributed by atoms with Crippen LogP contribution in [-0.4, -0.2) is 37.5 Å². The van der Waals surface area contributed by atoms with E-state index in [9.17, 15) is 4.79 Å². The highest BCUT2D eigenvalue weighted by atomic mass is 16.1. The normalized spacial score (nSPS) is 25.3. The molecule has 1 N–H and O–H groups in total. The van der Waals surface area contributed by atoms with Crippen molar-refractivity contribution in [1.82, 2.24) is 10.2 Å². The molecule has 0 saturated carbocycles. The van der Waals surface area contributed by atoms with E-state index in [1.807, 2.05) is 0 Å². The van der Waals surface area contributed by atoms with Gasteiger partial charge in [-0.3, -0.25) is 4.79 Å². The van der Waals surface area contributed by atoms with Crippen LogP contribution in [0.2, 0.25) is 0 Å². The van der Waals surface area contributed by atoms with Crippen molar-refractivity contribution in [3.63, 3.8) is 0 Å². The molecule has 1 rings (SSSR count). The third-order valence-electron chi connectivity index (χ3n) is 2.31. The van der Waals surface area contributed by atoms with Gasteiger partial charge in [-0.15, -0.1) is 0 Å². The summed E-state index contributed by atoms with van der Waals surface area (Å²) in [4.78, 5) is 12.8. The summed E-state index contributed by atoms with van der Waals surface area (Å²) in [5, 5.41) is 2.76. The first-order valence-electron chi connectivity index (χ1n) is 4.47. The molecule has 1 aliphatic heterocycles. The van der Waals surface area contributed by atoms with Gasteiger partial charge in [0, 0.05) is 20.0 Å². The average molecular weight is 169 g/mol. The summed E-state index contributed by atoms with van der Waals surface area (Å²) in [7, 11) is 2.12. The predicted octanol–water partition coefficient (Wildman–Crippen LogP) is 0.278. The molecular weight excluding hydrogens is 152 g/mol. The van der Waals surface area contributed by atoms with Gasteiger partial charge in [0.1, 0.15) is 0 Å². The van der Waals surface area contributed by atoms with Crippen LogP contribution in [0.1, 0.15) is 12.8 Å². The number of nitrogens with one attached hydrogen (secondary N) is 1. The molecule has 1 saturated heterocycles. The lowest BCUT2D eigenvalue weighted by molar-refractivity contribution is -0.117. The quantitative estimate of drug-likeness (QED) is 0.644. The zero-order valence-electron chi connectivity index (χ0n) is 7.68. The smallest absolute Gasteiger partial charge is 0.220 e. The minimum Gasteiger partial charge on any atom is -0.356 e. The number of rotatable bonds is 2. The number of hydrogen-bond donors (Lipinski definition) is 1. The Morgan fingerprint density at radius 3 is 3.08 bits per heavy atom. The SMILES string of the molecule is [CH2]C(=O)NCC1CCCN(C)C1. The number of likely N-dealkylation sites (tertiary alicyclic amines) is 1. The molecule has 0 aliphatic carbocycles. The zero-order chi connectivity index (χ0) is 8.97. The van der Waals surface area contributed by atoms with Crippen molar-refractivity contribution in [1.29, 1.82) is 0 Å². The van der Waals surface area contributed by atoms with Gasteiger partial charge in [-0.05, 0) is 32.4 Å². The molecule has 12 heavy (non-hydrogen) atoms. The summed E-state index contributed by atoms with van der Waals surface area (Å²) in [6.07, 6.45) is 2.47. The number of hydrogen-bond acceptors (Lipinski definition) is 2. The van der Waals surface area contributed by atoms with Crippen molar-refractivity contribution in [2.45, 2.75) is 12.8 Å². The van der Waals surface area contributed by atoms with E-state index in [4.69, 9.17) is 0 Å². The van der Waals surface area contributed by atoms with E-state index in [2.05, 4.69) is 24.2 Å². The molecule has 0 aromatic rings. The summed E-state index contributed by atoms with van der Waals surface area (Å²) >= 11 is 0. The molecular formula is C9H17N2O. The molecule has 1 heterocycles. The Kier molecular flexibility index (Phi) is 3.53. The number of nitrogens with zero attached hydrogens (tertiary/aromatic N) is 1. The van der Waals surface area contributed by atoms with Gasteiger partial charge in [0.05, 0.1) is 0 Å². The Balaban J connectivity index is 2.18. The highest BCUT2D eigenvalue weighted by molar-refractivity contribution is 5.79.